The Labute approximate surface area is 476 Å². The first-order valence-electron chi connectivity index (χ1n) is 28.8. The van der Waals surface area contributed by atoms with E-state index in [0.717, 1.165) is 15.9 Å². The molecule has 0 aromatic heterocycles. The number of likely N-dealkylation sites (N-methyl/N-ethyl adjacent to an activating group) is 1. The molecular formula is C61H95N2O15PS. The van der Waals surface area contributed by atoms with E-state index in [0.29, 0.717) is 31.8 Å². The zero-order valence-corrected chi connectivity index (χ0v) is 51.3. The van der Waals surface area contributed by atoms with Gasteiger partial charge in [-0.25, -0.2) is 0 Å². The van der Waals surface area contributed by atoms with Crippen LogP contribution in [-0.4, -0.2) is 178 Å². The Kier molecular flexibility index (Phi) is 22.2. The molecule has 1 amide bonds. The first-order valence-corrected chi connectivity index (χ1v) is 32.5. The number of rotatable bonds is 16. The van der Waals surface area contributed by atoms with Crippen molar-refractivity contribution in [1.82, 2.24) is 9.80 Å². The second-order valence-electron chi connectivity index (χ2n) is 24.6. The molecule has 0 saturated carbocycles. The van der Waals surface area contributed by atoms with Crippen molar-refractivity contribution < 1.29 is 71.8 Å². The zero-order valence-electron chi connectivity index (χ0n) is 49.5. The van der Waals surface area contributed by atoms with Gasteiger partial charge in [0.1, 0.15) is 12.2 Å². The molecule has 3 saturated heterocycles. The van der Waals surface area contributed by atoms with E-state index in [1.807, 2.05) is 82.2 Å². The maximum absolute atomic E-state index is 14.9. The van der Waals surface area contributed by atoms with Gasteiger partial charge in [-0.3, -0.25) is 4.79 Å². The standard InChI is InChI=1S/C61H95N2O15PS/c1-14-50-61(10,70)54(66)42(6)63(51(64)31-22-17-23-32-79(44-25-18-15-19-26-44,45-27-20-16-21-28-45)46-29-24-30-47(34-46)80(71,72)73)37-38(2)35-59(8,69)56(78-58-53(65)48(62(11)12)33-39(3)75-58)40(4)52(41(5)57(68)77-50)49-36-60(9,74-13)55(67)43(7)76-49/h15-16,18-21,24-30,34,38-43,48-50,52-56,58,65-67,69-70,79H,14,17,22-23,31-33,35-37H2,1-13H3,(H,71,72,73)/t38-,39-,40+,41-,42-,43+,48+,49?,50-,52+,53-,54-,55+,56-,58+,59-,60-,61-/m1/s1. The number of carbonyl (C=O) groups is 2. The quantitative estimate of drug-likeness (QED) is 0.0442. The molecule has 6 rings (SSSR count). The van der Waals surface area contributed by atoms with Gasteiger partial charge in [-0.2, -0.15) is 0 Å². The van der Waals surface area contributed by atoms with Crippen molar-refractivity contribution in [2.45, 2.75) is 210 Å². The number of ether oxygens (including phenoxy) is 5. The Balaban J connectivity index is 1.35. The molecule has 0 spiro atoms. The fourth-order valence-electron chi connectivity index (χ4n) is 13.7. The number of amides is 1. The van der Waals surface area contributed by atoms with Gasteiger partial charge >= 0.3 is 298 Å². The molecule has 3 aromatic rings. The van der Waals surface area contributed by atoms with Crippen LogP contribution in [0.1, 0.15) is 121 Å². The molecule has 450 valence electrons. The van der Waals surface area contributed by atoms with Gasteiger partial charge in [0.15, 0.2) is 6.29 Å². The molecule has 19 heteroatoms. The van der Waals surface area contributed by atoms with Gasteiger partial charge in [0.25, 0.3) is 0 Å². The molecule has 0 radical (unpaired) electrons. The van der Waals surface area contributed by atoms with E-state index >= 15 is 0 Å². The van der Waals surface area contributed by atoms with E-state index in [-0.39, 0.29) is 55.2 Å². The van der Waals surface area contributed by atoms with Crippen molar-refractivity contribution in [2.24, 2.45) is 23.7 Å². The number of hydrogen-bond acceptors (Lipinski definition) is 15. The molecule has 0 bridgehead atoms. The van der Waals surface area contributed by atoms with Crippen molar-refractivity contribution in [3.63, 3.8) is 0 Å². The number of hydrogen-bond donors (Lipinski definition) is 6. The zero-order chi connectivity index (χ0) is 59.3. The third-order valence-corrected chi connectivity index (χ3v) is 24.1. The van der Waals surface area contributed by atoms with E-state index in [1.54, 1.807) is 58.6 Å². The number of aliphatic hydroxyl groups is 5. The summed E-state index contributed by atoms with van der Waals surface area (Å²) in [5, 5.41) is 64.1. The van der Waals surface area contributed by atoms with Crippen LogP contribution < -0.4 is 15.9 Å². The predicted molar refractivity (Wildman–Crippen MR) is 312 cm³/mol. The second kappa shape index (κ2) is 27.1. The SMILES string of the molecule is CC[C@H]1OC(=O)[C@H](C)[C@@H](C2C[C@@](C)(OC)[C@@H](O)[C@H](C)O2)[C@H](C)[C@@H](O[C@@H]2O[C@H](C)C[C@H](N(C)C)[C@H]2O)[C@](C)(O)C[C@@H](C)CN(C(=O)CCCCC[PH](c2ccccc2)(c2ccccc2)c2cccc(S(=O)(=O)O)c2)[C@H](C)[C@@H](O)[C@]1(C)O. The van der Waals surface area contributed by atoms with E-state index in [9.17, 15) is 48.1 Å². The summed E-state index contributed by atoms with van der Waals surface area (Å²) in [5.41, 5.74) is -4.91. The second-order valence-corrected chi connectivity index (χ2v) is 30.0. The Morgan fingerprint density at radius 2 is 1.43 bits per heavy atom. The van der Waals surface area contributed by atoms with Gasteiger partial charge < -0.3 is 34.1 Å². The summed E-state index contributed by atoms with van der Waals surface area (Å²) in [6.45, 7) is 17.4. The minimum atomic E-state index is -4.51. The average Bonchev–Trinajstić information content (AvgIpc) is 3.62. The molecule has 6 N–H and O–H groups in total. The van der Waals surface area contributed by atoms with Crippen molar-refractivity contribution in [2.75, 3.05) is 33.9 Å². The minimum absolute atomic E-state index is 0.0322. The van der Waals surface area contributed by atoms with Crippen LogP contribution in [0.15, 0.2) is 89.8 Å². The molecule has 3 aromatic carbocycles. The van der Waals surface area contributed by atoms with E-state index < -0.39 is 119 Å². The topological polar surface area (TPSA) is 242 Å². The van der Waals surface area contributed by atoms with Crippen LogP contribution in [-0.2, 0) is 43.4 Å². The van der Waals surface area contributed by atoms with Crippen LogP contribution >= 0.6 is 7.26 Å². The van der Waals surface area contributed by atoms with Gasteiger partial charge in [-0.05, 0) is 47.2 Å². The Hall–Kier alpha value is -3.46. The van der Waals surface area contributed by atoms with Crippen molar-refractivity contribution in [3.05, 3.63) is 84.9 Å². The van der Waals surface area contributed by atoms with Crippen LogP contribution in [0.5, 0.6) is 0 Å². The van der Waals surface area contributed by atoms with Gasteiger partial charge in [-0.1, -0.05) is 20.8 Å². The van der Waals surface area contributed by atoms with E-state index in [4.69, 9.17) is 23.7 Å². The molecule has 3 aliphatic rings. The van der Waals surface area contributed by atoms with Crippen LogP contribution in [0.4, 0.5) is 0 Å². The number of aliphatic hydroxyl groups excluding tert-OH is 3. The number of unbranched alkanes of at least 4 members (excludes halogenated alkanes) is 2. The Bertz CT molecular complexity index is 2550. The number of carbonyl (C=O) groups excluding carboxylic acids is 2. The molecular weight excluding hydrogens is 1060 g/mol. The summed E-state index contributed by atoms with van der Waals surface area (Å²) < 4.78 is 67.3. The summed E-state index contributed by atoms with van der Waals surface area (Å²) >= 11 is 0. The normalized spacial score (nSPS) is 36.6. The first-order chi connectivity index (χ1) is 37.4. The van der Waals surface area contributed by atoms with E-state index in [2.05, 4.69) is 24.3 Å². The van der Waals surface area contributed by atoms with Crippen LogP contribution in [0.25, 0.3) is 0 Å². The molecule has 3 aliphatic heterocycles. The first kappa shape index (κ1) is 65.7. The van der Waals surface area contributed by atoms with Crippen LogP contribution in [0.3, 0.4) is 0 Å². The Morgan fingerprint density at radius 1 is 0.825 bits per heavy atom. The van der Waals surface area contributed by atoms with E-state index in [1.165, 1.54) is 20.1 Å². The summed E-state index contributed by atoms with van der Waals surface area (Å²) in [7, 11) is -2.25. The summed E-state index contributed by atoms with van der Waals surface area (Å²) in [5.74, 6) is -4.04. The predicted octanol–water partition coefficient (Wildman–Crippen LogP) is 5.60. The molecule has 17 nitrogen and oxygen atoms in total. The molecule has 0 aliphatic carbocycles. The number of nitrogens with zero attached hydrogens (tertiary/aromatic N) is 2. The maximum atomic E-state index is 14.9. The molecule has 18 atom stereocenters. The summed E-state index contributed by atoms with van der Waals surface area (Å²) in [4.78, 5) is 33.1. The average molecular weight is 1160 g/mol. The van der Waals surface area contributed by atoms with Crippen LogP contribution in [0, 0.1) is 23.7 Å². The number of benzene rings is 3. The number of esters is 1. The van der Waals surface area contributed by atoms with Crippen LogP contribution in [0.2, 0.25) is 0 Å². The monoisotopic (exact) mass is 1160 g/mol. The Morgan fingerprint density at radius 3 is 1.99 bits per heavy atom. The van der Waals surface area contributed by atoms with Crippen molar-refractivity contribution >= 4 is 45.2 Å². The van der Waals surface area contributed by atoms with Crippen molar-refractivity contribution in [1.29, 1.82) is 0 Å². The summed E-state index contributed by atoms with van der Waals surface area (Å²) in [6.07, 6.45) is -6.01. The third kappa shape index (κ3) is 14.5. The molecule has 3 fully saturated rings. The summed E-state index contributed by atoms with van der Waals surface area (Å²) in [6, 6.07) is 25.1. The third-order valence-electron chi connectivity index (χ3n) is 18.2. The van der Waals surface area contributed by atoms with Gasteiger partial charge in [-0.15, -0.1) is 0 Å². The van der Waals surface area contributed by atoms with Gasteiger partial charge in [0.2, 0.25) is 0 Å². The molecule has 1 unspecified atom stereocenters. The van der Waals surface area contributed by atoms with Gasteiger partial charge in [0.05, 0.1) is 29.8 Å². The molecule has 3 heterocycles. The molecule has 80 heavy (non-hydrogen) atoms. The number of cyclic esters (lactones) is 1. The van der Waals surface area contributed by atoms with Gasteiger partial charge in [0, 0.05) is 25.5 Å². The van der Waals surface area contributed by atoms with Crippen molar-refractivity contribution in [3.8, 4) is 0 Å². The number of methoxy groups -OCH3 is 1. The fraction of sp³-hybridized carbons (Fsp3) is 0.672. The fourth-order valence-corrected chi connectivity index (χ4v) is 19.3.